The third-order valence-electron chi connectivity index (χ3n) is 5.09. The Balaban J connectivity index is 1.53. The van der Waals surface area contributed by atoms with E-state index < -0.39 is 29.7 Å². The zero-order valence-corrected chi connectivity index (χ0v) is 16.4. The van der Waals surface area contributed by atoms with Crippen LogP contribution in [0.25, 0.3) is 0 Å². The lowest BCUT2D eigenvalue weighted by Crippen LogP contribution is -2.32. The largest absolute Gasteiger partial charge is 0.370 e. The van der Waals surface area contributed by atoms with Gasteiger partial charge in [-0.3, -0.25) is 19.2 Å². The second-order valence-electron chi connectivity index (χ2n) is 7.15. The molecule has 7 heteroatoms. The lowest BCUT2D eigenvalue weighted by molar-refractivity contribution is -0.118. The minimum absolute atomic E-state index is 0.0388. The third kappa shape index (κ3) is 3.93. The van der Waals surface area contributed by atoms with Crippen molar-refractivity contribution in [1.82, 2.24) is 5.32 Å². The van der Waals surface area contributed by atoms with Crippen LogP contribution in [-0.2, 0) is 4.79 Å². The van der Waals surface area contributed by atoms with E-state index in [9.17, 15) is 19.2 Å². The number of carbonyl (C=O) groups excluding carboxylic acids is 4. The number of nitrogens with one attached hydrogen (secondary N) is 1. The lowest BCUT2D eigenvalue weighted by atomic mass is 10.0. The summed E-state index contributed by atoms with van der Waals surface area (Å²) in [5, 5.41) is 2.81. The topological polar surface area (TPSA) is 110 Å². The van der Waals surface area contributed by atoms with Gasteiger partial charge in [-0.05, 0) is 42.0 Å². The van der Waals surface area contributed by atoms with Crippen molar-refractivity contribution in [2.24, 2.45) is 5.73 Å². The number of primary amides is 1. The number of imide groups is 1. The minimum atomic E-state index is -0.567. The Morgan fingerprint density at radius 2 is 1.35 bits per heavy atom. The molecule has 0 aliphatic carbocycles. The lowest BCUT2D eigenvalue weighted by Gasteiger charge is -2.18. The van der Waals surface area contributed by atoms with Crippen LogP contribution >= 0.6 is 0 Å². The second kappa shape index (κ2) is 8.23. The zero-order valence-electron chi connectivity index (χ0n) is 16.4. The summed E-state index contributed by atoms with van der Waals surface area (Å²) >= 11 is 0. The van der Waals surface area contributed by atoms with Crippen LogP contribution in [-0.4, -0.2) is 23.6 Å². The van der Waals surface area contributed by atoms with Crippen molar-refractivity contribution in [3.63, 3.8) is 0 Å². The number of hydrogen-bond acceptors (Lipinski definition) is 4. The summed E-state index contributed by atoms with van der Waals surface area (Å²) in [4.78, 5) is 50.5. The standard InChI is InChI=1S/C24H19N3O4/c25-21(28)14-20(15-6-2-1-3-7-15)26-22(29)16-10-12-17(13-11-16)27-23(30)18-8-4-5-9-19(18)24(27)31/h1-13,20H,14H2,(H2,25,28)(H,26,29)/t20-/m1/s1. The molecule has 3 N–H and O–H groups in total. The van der Waals surface area contributed by atoms with Gasteiger partial charge in [-0.15, -0.1) is 0 Å². The summed E-state index contributed by atoms with van der Waals surface area (Å²) in [6, 6.07) is 21.3. The Morgan fingerprint density at radius 1 is 0.806 bits per heavy atom. The van der Waals surface area contributed by atoms with E-state index in [0.29, 0.717) is 22.4 Å². The number of nitrogens with two attached hydrogens (primary N) is 1. The molecule has 1 aliphatic rings. The fourth-order valence-electron chi connectivity index (χ4n) is 3.57. The highest BCUT2D eigenvalue weighted by molar-refractivity contribution is 6.34. The molecule has 31 heavy (non-hydrogen) atoms. The quantitative estimate of drug-likeness (QED) is 0.606. The molecule has 1 heterocycles. The summed E-state index contributed by atoms with van der Waals surface area (Å²) < 4.78 is 0. The van der Waals surface area contributed by atoms with Crippen LogP contribution < -0.4 is 16.0 Å². The molecule has 0 saturated heterocycles. The second-order valence-corrected chi connectivity index (χ2v) is 7.15. The van der Waals surface area contributed by atoms with Gasteiger partial charge in [-0.1, -0.05) is 42.5 Å². The summed E-state index contributed by atoms with van der Waals surface area (Å²) in [5.41, 5.74) is 7.50. The van der Waals surface area contributed by atoms with E-state index in [1.807, 2.05) is 18.2 Å². The highest BCUT2D eigenvalue weighted by Gasteiger charge is 2.36. The van der Waals surface area contributed by atoms with E-state index in [4.69, 9.17) is 5.73 Å². The van der Waals surface area contributed by atoms with Crippen molar-refractivity contribution in [2.45, 2.75) is 12.5 Å². The molecular formula is C24H19N3O4. The van der Waals surface area contributed by atoms with E-state index in [1.54, 1.807) is 48.5 Å². The average molecular weight is 413 g/mol. The van der Waals surface area contributed by atoms with Gasteiger partial charge in [-0.25, -0.2) is 4.90 Å². The van der Waals surface area contributed by atoms with Crippen LogP contribution in [0.4, 0.5) is 5.69 Å². The predicted octanol–water partition coefficient (Wildman–Crippen LogP) is 2.83. The van der Waals surface area contributed by atoms with Gasteiger partial charge in [0.2, 0.25) is 5.91 Å². The number of nitrogens with zero attached hydrogens (tertiary/aromatic N) is 1. The van der Waals surface area contributed by atoms with Crippen molar-refractivity contribution in [3.05, 3.63) is 101 Å². The van der Waals surface area contributed by atoms with Gasteiger partial charge in [0, 0.05) is 5.56 Å². The molecule has 0 spiro atoms. The van der Waals surface area contributed by atoms with E-state index >= 15 is 0 Å². The van der Waals surface area contributed by atoms with Gasteiger partial charge in [0.05, 0.1) is 29.3 Å². The van der Waals surface area contributed by atoms with E-state index in [1.165, 1.54) is 12.1 Å². The Hall–Kier alpha value is -4.26. The molecular weight excluding hydrogens is 394 g/mol. The average Bonchev–Trinajstić information content (AvgIpc) is 3.04. The molecule has 0 saturated carbocycles. The van der Waals surface area contributed by atoms with Crippen molar-refractivity contribution in [2.75, 3.05) is 4.90 Å². The smallest absolute Gasteiger partial charge is 0.266 e. The fourth-order valence-corrected chi connectivity index (χ4v) is 3.57. The molecule has 4 rings (SSSR count). The van der Waals surface area contributed by atoms with E-state index in [-0.39, 0.29) is 6.42 Å². The number of benzene rings is 3. The monoisotopic (exact) mass is 413 g/mol. The van der Waals surface area contributed by atoms with Crippen molar-refractivity contribution in [1.29, 1.82) is 0 Å². The van der Waals surface area contributed by atoms with Gasteiger partial charge in [0.1, 0.15) is 0 Å². The highest BCUT2D eigenvalue weighted by Crippen LogP contribution is 2.28. The van der Waals surface area contributed by atoms with Crippen LogP contribution in [0.2, 0.25) is 0 Å². The summed E-state index contributed by atoms with van der Waals surface area (Å²) in [6.07, 6.45) is -0.0388. The third-order valence-corrected chi connectivity index (χ3v) is 5.09. The number of amides is 4. The van der Waals surface area contributed by atoms with E-state index in [0.717, 1.165) is 10.5 Å². The first-order valence-corrected chi connectivity index (χ1v) is 9.67. The van der Waals surface area contributed by atoms with Crippen LogP contribution in [0, 0.1) is 0 Å². The molecule has 3 aromatic rings. The summed E-state index contributed by atoms with van der Waals surface area (Å²) in [6.45, 7) is 0. The molecule has 0 unspecified atom stereocenters. The number of rotatable bonds is 6. The molecule has 0 fully saturated rings. The Kier molecular flexibility index (Phi) is 5.32. The van der Waals surface area contributed by atoms with Crippen LogP contribution in [0.15, 0.2) is 78.9 Å². The first kappa shape index (κ1) is 20.0. The number of hydrogen-bond donors (Lipinski definition) is 2. The maximum absolute atomic E-state index is 12.7. The Labute approximate surface area is 178 Å². The maximum atomic E-state index is 12.7. The molecule has 7 nitrogen and oxygen atoms in total. The molecule has 0 bridgehead atoms. The molecule has 3 aromatic carbocycles. The predicted molar refractivity (Wildman–Crippen MR) is 114 cm³/mol. The van der Waals surface area contributed by atoms with Gasteiger partial charge < -0.3 is 11.1 Å². The SMILES string of the molecule is NC(=O)C[C@@H](NC(=O)c1ccc(N2C(=O)c3ccccc3C2=O)cc1)c1ccccc1. The highest BCUT2D eigenvalue weighted by atomic mass is 16.2. The number of fused-ring (bicyclic) bond motifs is 1. The van der Waals surface area contributed by atoms with Crippen molar-refractivity contribution >= 4 is 29.3 Å². The summed E-state index contributed by atoms with van der Waals surface area (Å²) in [5.74, 6) is -1.73. The van der Waals surface area contributed by atoms with E-state index in [2.05, 4.69) is 5.32 Å². The van der Waals surface area contributed by atoms with Crippen molar-refractivity contribution < 1.29 is 19.2 Å². The van der Waals surface area contributed by atoms with Gasteiger partial charge in [-0.2, -0.15) is 0 Å². The van der Waals surface area contributed by atoms with Gasteiger partial charge in [0.15, 0.2) is 0 Å². The number of anilines is 1. The molecule has 1 atom stereocenters. The zero-order chi connectivity index (χ0) is 22.0. The molecule has 0 radical (unpaired) electrons. The molecule has 1 aliphatic heterocycles. The van der Waals surface area contributed by atoms with Crippen molar-refractivity contribution in [3.8, 4) is 0 Å². The van der Waals surface area contributed by atoms with Gasteiger partial charge in [0.25, 0.3) is 17.7 Å². The Morgan fingerprint density at radius 3 is 1.90 bits per heavy atom. The normalized spacial score (nSPS) is 13.6. The molecule has 0 aromatic heterocycles. The van der Waals surface area contributed by atoms with Gasteiger partial charge >= 0.3 is 0 Å². The molecule has 4 amide bonds. The number of carbonyl (C=O) groups is 4. The maximum Gasteiger partial charge on any atom is 0.266 e. The Bertz CT molecular complexity index is 1140. The fraction of sp³-hybridized carbons (Fsp3) is 0.0833. The summed E-state index contributed by atoms with van der Waals surface area (Å²) in [7, 11) is 0. The van der Waals surface area contributed by atoms with Crippen LogP contribution in [0.5, 0.6) is 0 Å². The first-order valence-electron chi connectivity index (χ1n) is 9.67. The first-order chi connectivity index (χ1) is 15.0. The van der Waals surface area contributed by atoms with Crippen LogP contribution in [0.1, 0.15) is 49.1 Å². The molecule has 154 valence electrons. The minimum Gasteiger partial charge on any atom is -0.370 e. The van der Waals surface area contributed by atoms with Crippen LogP contribution in [0.3, 0.4) is 0 Å².